The van der Waals surface area contributed by atoms with Gasteiger partial charge in [0.2, 0.25) is 0 Å². The minimum atomic E-state index is -2.79. The molecule has 5 nitrogen and oxygen atoms in total. The number of nitrogens with two attached hydrogens (primary N) is 2. The summed E-state index contributed by atoms with van der Waals surface area (Å²) < 4.78 is 28.8. The molecule has 0 radical (unpaired) electrons. The van der Waals surface area contributed by atoms with E-state index in [-0.39, 0.29) is 13.0 Å². The topological polar surface area (TPSA) is 73.1 Å². The monoisotopic (exact) mass is 245 g/mol. The minimum absolute atomic E-state index is 0.277. The Kier molecular flexibility index (Phi) is 2.94. The Morgan fingerprint density at radius 3 is 2.82 bits per heavy atom. The molecule has 0 saturated carbocycles. The van der Waals surface area contributed by atoms with Crippen molar-refractivity contribution >= 4 is 11.5 Å². The average Bonchev–Trinajstić information content (AvgIpc) is 2.45. The number of rotatable bonds is 1. The summed E-state index contributed by atoms with van der Waals surface area (Å²) >= 11 is 0. The predicted molar refractivity (Wildman–Crippen MR) is 62.0 cm³/mol. The maximum Gasteiger partial charge on any atom is 0.266 e. The lowest BCUT2D eigenvalue weighted by atomic mass is 10.1. The van der Waals surface area contributed by atoms with Gasteiger partial charge in [-0.15, -0.1) is 0 Å². The molecule has 0 unspecified atom stereocenters. The van der Waals surface area contributed by atoms with Crippen molar-refractivity contribution in [2.24, 2.45) is 12.8 Å². The summed E-state index contributed by atoms with van der Waals surface area (Å²) in [4.78, 5) is 1.56. The van der Waals surface area contributed by atoms with Crippen LogP contribution in [0.2, 0.25) is 0 Å². The Labute approximate surface area is 98.4 Å². The van der Waals surface area contributed by atoms with Crippen molar-refractivity contribution in [1.29, 1.82) is 0 Å². The second kappa shape index (κ2) is 4.14. The lowest BCUT2D eigenvalue weighted by molar-refractivity contribution is -0.000521. The molecule has 0 aliphatic carbocycles. The van der Waals surface area contributed by atoms with Crippen LogP contribution in [0.3, 0.4) is 0 Å². The van der Waals surface area contributed by atoms with Gasteiger partial charge in [0.05, 0.1) is 18.4 Å². The molecule has 1 saturated heterocycles. The number of alkyl halides is 2. The van der Waals surface area contributed by atoms with E-state index < -0.39 is 12.0 Å². The molecule has 2 rings (SSSR count). The third-order valence-corrected chi connectivity index (χ3v) is 2.99. The van der Waals surface area contributed by atoms with E-state index in [0.29, 0.717) is 24.5 Å². The first-order valence-electron chi connectivity index (χ1n) is 5.55. The fraction of sp³-hybridized carbons (Fsp3) is 0.700. The van der Waals surface area contributed by atoms with Crippen molar-refractivity contribution in [3.8, 4) is 0 Å². The van der Waals surface area contributed by atoms with E-state index in [0.717, 1.165) is 0 Å². The summed E-state index contributed by atoms with van der Waals surface area (Å²) in [6.07, 6.45) is 1.72. The lowest BCUT2D eigenvalue weighted by Gasteiger charge is -2.26. The third-order valence-electron chi connectivity index (χ3n) is 2.99. The molecule has 0 aromatic carbocycles. The summed E-state index contributed by atoms with van der Waals surface area (Å²) in [5.74, 6) is -2.24. The molecular weight excluding hydrogens is 228 g/mol. The Balaban J connectivity index is 2.27. The minimum Gasteiger partial charge on any atom is -0.394 e. The van der Waals surface area contributed by atoms with Crippen LogP contribution in [0, 0.1) is 0 Å². The smallest absolute Gasteiger partial charge is 0.266 e. The van der Waals surface area contributed by atoms with Crippen LogP contribution in [-0.4, -0.2) is 34.8 Å². The number of halogens is 2. The zero-order chi connectivity index (χ0) is 12.6. The first kappa shape index (κ1) is 12.1. The van der Waals surface area contributed by atoms with Crippen LogP contribution in [0.1, 0.15) is 12.8 Å². The zero-order valence-electron chi connectivity index (χ0n) is 9.74. The maximum atomic E-state index is 13.6. The molecule has 0 amide bonds. The molecule has 17 heavy (non-hydrogen) atoms. The van der Waals surface area contributed by atoms with Crippen LogP contribution in [0.15, 0.2) is 6.20 Å². The van der Waals surface area contributed by atoms with Gasteiger partial charge in [-0.2, -0.15) is 5.10 Å². The molecule has 1 aliphatic rings. The van der Waals surface area contributed by atoms with Gasteiger partial charge in [0.15, 0.2) is 0 Å². The molecule has 96 valence electrons. The molecule has 1 fully saturated rings. The van der Waals surface area contributed by atoms with Crippen LogP contribution in [0.4, 0.5) is 20.3 Å². The van der Waals surface area contributed by atoms with E-state index in [4.69, 9.17) is 11.5 Å². The van der Waals surface area contributed by atoms with Gasteiger partial charge < -0.3 is 16.4 Å². The van der Waals surface area contributed by atoms with Gasteiger partial charge in [0, 0.05) is 26.1 Å². The Morgan fingerprint density at radius 2 is 2.24 bits per heavy atom. The average molecular weight is 245 g/mol. The number of anilines is 2. The second-order valence-corrected chi connectivity index (χ2v) is 4.58. The second-order valence-electron chi connectivity index (χ2n) is 4.58. The molecule has 4 N–H and O–H groups in total. The number of nitrogens with zero attached hydrogens (tertiary/aromatic N) is 3. The highest BCUT2D eigenvalue weighted by Gasteiger charge is 2.37. The first-order chi connectivity index (χ1) is 7.89. The molecule has 1 aromatic rings. The molecule has 0 bridgehead atoms. The molecule has 1 aromatic heterocycles. The largest absolute Gasteiger partial charge is 0.394 e. The van der Waals surface area contributed by atoms with E-state index in [2.05, 4.69) is 5.10 Å². The van der Waals surface area contributed by atoms with Crippen LogP contribution >= 0.6 is 0 Å². The Bertz CT molecular complexity index is 384. The number of nitrogen functional groups attached to an aromatic ring is 1. The highest BCUT2D eigenvalue weighted by molar-refractivity contribution is 5.62. The van der Waals surface area contributed by atoms with E-state index in [1.165, 1.54) is 10.9 Å². The van der Waals surface area contributed by atoms with Crippen LogP contribution in [0.25, 0.3) is 0 Å². The SMILES string of the molecule is Cn1ncc(N)c1N1CC[C@@H](N)CC(F)(F)C1. The van der Waals surface area contributed by atoms with E-state index >= 15 is 0 Å². The predicted octanol–water partition coefficient (Wildman–Crippen LogP) is 0.565. The maximum absolute atomic E-state index is 13.6. The Hall–Kier alpha value is -1.37. The summed E-state index contributed by atoms with van der Waals surface area (Å²) in [6, 6.07) is -0.468. The van der Waals surface area contributed by atoms with Crippen LogP contribution in [0.5, 0.6) is 0 Å². The van der Waals surface area contributed by atoms with Crippen molar-refractivity contribution in [3.05, 3.63) is 6.20 Å². The van der Waals surface area contributed by atoms with Crippen molar-refractivity contribution < 1.29 is 8.78 Å². The van der Waals surface area contributed by atoms with Crippen molar-refractivity contribution in [2.45, 2.75) is 24.8 Å². The van der Waals surface area contributed by atoms with Crippen molar-refractivity contribution in [1.82, 2.24) is 9.78 Å². The van der Waals surface area contributed by atoms with Gasteiger partial charge in [-0.3, -0.25) is 4.68 Å². The van der Waals surface area contributed by atoms with Crippen LogP contribution < -0.4 is 16.4 Å². The molecule has 7 heteroatoms. The highest BCUT2D eigenvalue weighted by Crippen LogP contribution is 2.31. The van der Waals surface area contributed by atoms with Crippen molar-refractivity contribution in [2.75, 3.05) is 23.7 Å². The molecule has 2 heterocycles. The van der Waals surface area contributed by atoms with E-state index in [1.54, 1.807) is 11.9 Å². The standard InChI is InChI=1S/C10H17F2N5/c1-16-9(8(14)5-15-16)17-3-2-7(13)4-10(11,12)6-17/h5,7H,2-4,6,13-14H2,1H3/t7-/m1/s1. The summed E-state index contributed by atoms with van der Waals surface area (Å²) in [5.41, 5.74) is 11.8. The van der Waals surface area contributed by atoms with E-state index in [1.807, 2.05) is 0 Å². The molecular formula is C10H17F2N5. The zero-order valence-corrected chi connectivity index (χ0v) is 9.74. The fourth-order valence-corrected chi connectivity index (χ4v) is 2.25. The van der Waals surface area contributed by atoms with E-state index in [9.17, 15) is 8.78 Å². The van der Waals surface area contributed by atoms with Crippen LogP contribution in [-0.2, 0) is 7.05 Å². The van der Waals surface area contributed by atoms with Gasteiger partial charge in [-0.1, -0.05) is 0 Å². The molecule has 1 aliphatic heterocycles. The number of aryl methyl sites for hydroxylation is 1. The Morgan fingerprint density at radius 1 is 1.53 bits per heavy atom. The number of hydrogen-bond donors (Lipinski definition) is 2. The highest BCUT2D eigenvalue weighted by atomic mass is 19.3. The summed E-state index contributed by atoms with van der Waals surface area (Å²) in [6.45, 7) is 0.116. The fourth-order valence-electron chi connectivity index (χ4n) is 2.25. The summed E-state index contributed by atoms with van der Waals surface area (Å²) in [5, 5.41) is 3.96. The molecule has 0 spiro atoms. The number of aromatic nitrogens is 2. The quantitative estimate of drug-likeness (QED) is 0.758. The number of hydrogen-bond acceptors (Lipinski definition) is 4. The third kappa shape index (κ3) is 2.49. The normalized spacial score (nSPS) is 24.7. The van der Waals surface area contributed by atoms with Gasteiger partial charge in [-0.05, 0) is 6.42 Å². The van der Waals surface area contributed by atoms with Gasteiger partial charge >= 0.3 is 0 Å². The lowest BCUT2D eigenvalue weighted by Crippen LogP contribution is -2.37. The van der Waals surface area contributed by atoms with Gasteiger partial charge in [0.25, 0.3) is 5.92 Å². The summed E-state index contributed by atoms with van der Waals surface area (Å²) in [7, 11) is 1.69. The van der Waals surface area contributed by atoms with Crippen molar-refractivity contribution in [3.63, 3.8) is 0 Å². The van der Waals surface area contributed by atoms with Gasteiger partial charge in [0.1, 0.15) is 5.82 Å². The van der Waals surface area contributed by atoms with Gasteiger partial charge in [-0.25, -0.2) is 8.78 Å². The first-order valence-corrected chi connectivity index (χ1v) is 5.55. The molecule has 1 atom stereocenters.